The Morgan fingerprint density at radius 1 is 1.32 bits per heavy atom. The molecule has 1 fully saturated rings. The molecular weight excluding hydrogens is 378 g/mol. The molecule has 0 amide bonds. The van der Waals surface area contributed by atoms with E-state index in [2.05, 4.69) is 11.9 Å². The van der Waals surface area contributed by atoms with E-state index in [9.17, 15) is 13.2 Å². The van der Waals surface area contributed by atoms with Gasteiger partial charge in [-0.1, -0.05) is 39.0 Å². The molecule has 1 heterocycles. The van der Waals surface area contributed by atoms with E-state index in [0.29, 0.717) is 23.7 Å². The molecule has 0 bridgehead atoms. The third kappa shape index (κ3) is 5.11. The van der Waals surface area contributed by atoms with Crippen LogP contribution in [0.15, 0.2) is 23.1 Å². The minimum absolute atomic E-state index is 0.0280. The Bertz CT molecular complexity index is 930. The van der Waals surface area contributed by atoms with E-state index in [1.165, 1.54) is 37.8 Å². The van der Waals surface area contributed by atoms with Gasteiger partial charge >= 0.3 is 5.97 Å². The Labute approximate surface area is 166 Å². The first-order valence-corrected chi connectivity index (χ1v) is 11.6. The normalized spacial score (nSPS) is 15.4. The summed E-state index contributed by atoms with van der Waals surface area (Å²) in [7, 11) is -3.79. The number of unbranched alkanes of at least 4 members (excludes halogenated alkanes) is 1. The summed E-state index contributed by atoms with van der Waals surface area (Å²) in [5, 5.41) is 5.22. The van der Waals surface area contributed by atoms with Gasteiger partial charge in [0, 0.05) is 13.0 Å². The molecule has 0 aliphatic heterocycles. The quantitative estimate of drug-likeness (QED) is 0.641. The van der Waals surface area contributed by atoms with Crippen LogP contribution >= 0.6 is 0 Å². The van der Waals surface area contributed by atoms with Crippen LogP contribution in [0.4, 0.5) is 0 Å². The zero-order valence-corrected chi connectivity index (χ0v) is 17.2. The van der Waals surface area contributed by atoms with Crippen molar-refractivity contribution in [3.8, 4) is 0 Å². The van der Waals surface area contributed by atoms with Gasteiger partial charge in [-0.25, -0.2) is 18.5 Å². The summed E-state index contributed by atoms with van der Waals surface area (Å²) in [5.41, 5.74) is 1.36. The number of hydrogen-bond donors (Lipinski definition) is 1. The Hall–Kier alpha value is -1.93. The molecule has 7 nitrogen and oxygen atoms in total. The second-order valence-corrected chi connectivity index (χ2v) is 9.14. The Kier molecular flexibility index (Phi) is 6.72. The van der Waals surface area contributed by atoms with Crippen LogP contribution in [0.25, 0.3) is 11.0 Å². The van der Waals surface area contributed by atoms with Gasteiger partial charge in [-0.2, -0.15) is 0 Å². The van der Waals surface area contributed by atoms with E-state index in [0.717, 1.165) is 31.3 Å². The second-order valence-electron chi connectivity index (χ2n) is 7.58. The minimum atomic E-state index is -3.79. The standard InChI is InChI=1S/C20H29N3O4S/c1-2-3-12-23-18-10-9-16(28(21,25)26)13-17(18)22-19(23)14-27-20(24)11-8-15-6-4-5-7-15/h9-10,13,15H,2-8,11-12,14H2,1H3,(H2,21,25,26). The maximum absolute atomic E-state index is 12.1. The molecule has 154 valence electrons. The molecule has 1 aromatic carbocycles. The number of ether oxygens (including phenoxy) is 1. The number of aromatic nitrogens is 2. The summed E-state index contributed by atoms with van der Waals surface area (Å²) in [5.74, 6) is 1.08. The lowest BCUT2D eigenvalue weighted by Gasteiger charge is -2.11. The Morgan fingerprint density at radius 2 is 2.07 bits per heavy atom. The lowest BCUT2D eigenvalue weighted by atomic mass is 10.0. The first kappa shape index (κ1) is 20.8. The summed E-state index contributed by atoms with van der Waals surface area (Å²) >= 11 is 0. The maximum atomic E-state index is 12.1. The van der Waals surface area contributed by atoms with Crippen molar-refractivity contribution in [3.63, 3.8) is 0 Å². The van der Waals surface area contributed by atoms with Gasteiger partial charge in [0.25, 0.3) is 0 Å². The van der Waals surface area contributed by atoms with E-state index in [4.69, 9.17) is 9.88 Å². The molecule has 0 unspecified atom stereocenters. The number of sulfonamides is 1. The largest absolute Gasteiger partial charge is 0.458 e. The summed E-state index contributed by atoms with van der Waals surface area (Å²) in [6, 6.07) is 4.67. The fourth-order valence-electron chi connectivity index (χ4n) is 3.85. The topological polar surface area (TPSA) is 104 Å². The smallest absolute Gasteiger partial charge is 0.306 e. The zero-order chi connectivity index (χ0) is 20.1. The van der Waals surface area contributed by atoms with E-state index in [-0.39, 0.29) is 17.5 Å². The monoisotopic (exact) mass is 407 g/mol. The van der Waals surface area contributed by atoms with Crippen LogP contribution < -0.4 is 5.14 Å². The minimum Gasteiger partial charge on any atom is -0.458 e. The molecule has 2 N–H and O–H groups in total. The highest BCUT2D eigenvalue weighted by Gasteiger charge is 2.18. The van der Waals surface area contributed by atoms with Crippen molar-refractivity contribution in [1.82, 2.24) is 9.55 Å². The third-order valence-corrected chi connectivity index (χ3v) is 6.37. The molecule has 28 heavy (non-hydrogen) atoms. The first-order chi connectivity index (χ1) is 13.4. The van der Waals surface area contributed by atoms with Gasteiger partial charge in [0.05, 0.1) is 15.9 Å². The average Bonchev–Trinajstić information content (AvgIpc) is 3.29. The number of carbonyl (C=O) groups excluding carboxylic acids is 1. The molecular formula is C20H29N3O4S. The van der Waals surface area contributed by atoms with Gasteiger partial charge < -0.3 is 9.30 Å². The van der Waals surface area contributed by atoms with Crippen LogP contribution in [-0.2, 0) is 32.7 Å². The Morgan fingerprint density at radius 3 is 2.75 bits per heavy atom. The number of nitrogens with two attached hydrogens (primary N) is 1. The SMILES string of the molecule is CCCCn1c(COC(=O)CCC2CCCC2)nc2cc(S(N)(=O)=O)ccc21. The Balaban J connectivity index is 1.73. The molecule has 0 atom stereocenters. The van der Waals surface area contributed by atoms with Gasteiger partial charge in [-0.05, 0) is 37.0 Å². The van der Waals surface area contributed by atoms with Crippen LogP contribution in [0, 0.1) is 5.92 Å². The van der Waals surface area contributed by atoms with Crippen LogP contribution in [-0.4, -0.2) is 23.9 Å². The van der Waals surface area contributed by atoms with Gasteiger partial charge in [0.2, 0.25) is 10.0 Å². The molecule has 1 aromatic heterocycles. The van der Waals surface area contributed by atoms with Crippen molar-refractivity contribution < 1.29 is 17.9 Å². The molecule has 3 rings (SSSR count). The number of rotatable bonds is 9. The predicted octanol–water partition coefficient (Wildman–Crippen LogP) is 3.50. The van der Waals surface area contributed by atoms with Crippen LogP contribution in [0.2, 0.25) is 0 Å². The summed E-state index contributed by atoms with van der Waals surface area (Å²) < 4.78 is 30.7. The van der Waals surface area contributed by atoms with E-state index in [1.54, 1.807) is 6.07 Å². The van der Waals surface area contributed by atoms with Crippen molar-refractivity contribution in [1.29, 1.82) is 0 Å². The lowest BCUT2D eigenvalue weighted by molar-refractivity contribution is -0.145. The molecule has 2 aromatic rings. The van der Waals surface area contributed by atoms with Crippen LogP contribution in [0.3, 0.4) is 0 Å². The highest BCUT2D eigenvalue weighted by molar-refractivity contribution is 7.89. The van der Waals surface area contributed by atoms with E-state index < -0.39 is 10.0 Å². The number of primary sulfonamides is 1. The third-order valence-electron chi connectivity index (χ3n) is 5.46. The average molecular weight is 408 g/mol. The number of hydrogen-bond acceptors (Lipinski definition) is 5. The highest BCUT2D eigenvalue weighted by atomic mass is 32.2. The summed E-state index contributed by atoms with van der Waals surface area (Å²) in [6.45, 7) is 2.92. The second kappa shape index (κ2) is 9.05. The summed E-state index contributed by atoms with van der Waals surface area (Å²) in [4.78, 5) is 16.7. The number of imidazole rings is 1. The van der Waals surface area contributed by atoms with Gasteiger partial charge in [0.1, 0.15) is 12.4 Å². The molecule has 0 saturated heterocycles. The summed E-state index contributed by atoms with van der Waals surface area (Å²) in [6.07, 6.45) is 8.25. The van der Waals surface area contributed by atoms with Crippen molar-refractivity contribution in [2.75, 3.05) is 0 Å². The molecule has 8 heteroatoms. The number of aryl methyl sites for hydroxylation is 1. The number of esters is 1. The van der Waals surface area contributed by atoms with Gasteiger partial charge in [0.15, 0.2) is 0 Å². The molecule has 1 aliphatic rings. The first-order valence-electron chi connectivity index (χ1n) is 10.1. The fourth-order valence-corrected chi connectivity index (χ4v) is 4.38. The zero-order valence-electron chi connectivity index (χ0n) is 16.4. The lowest BCUT2D eigenvalue weighted by Crippen LogP contribution is -2.12. The van der Waals surface area contributed by atoms with Crippen molar-refractivity contribution >= 4 is 27.0 Å². The maximum Gasteiger partial charge on any atom is 0.306 e. The number of fused-ring (bicyclic) bond motifs is 1. The fraction of sp³-hybridized carbons (Fsp3) is 0.600. The number of nitrogens with zero attached hydrogens (tertiary/aromatic N) is 2. The van der Waals surface area contributed by atoms with E-state index >= 15 is 0 Å². The van der Waals surface area contributed by atoms with Crippen molar-refractivity contribution in [2.24, 2.45) is 11.1 Å². The molecule has 0 radical (unpaired) electrons. The predicted molar refractivity (Wildman–Crippen MR) is 107 cm³/mol. The number of carbonyl (C=O) groups is 1. The van der Waals surface area contributed by atoms with Crippen molar-refractivity contribution in [3.05, 3.63) is 24.0 Å². The molecule has 0 spiro atoms. The van der Waals surface area contributed by atoms with Gasteiger partial charge in [-0.3, -0.25) is 4.79 Å². The van der Waals surface area contributed by atoms with E-state index in [1.807, 2.05) is 4.57 Å². The van der Waals surface area contributed by atoms with Crippen molar-refractivity contribution in [2.45, 2.75) is 76.3 Å². The van der Waals surface area contributed by atoms with Crippen LogP contribution in [0.1, 0.15) is 64.1 Å². The number of benzene rings is 1. The molecule has 1 saturated carbocycles. The highest BCUT2D eigenvalue weighted by Crippen LogP contribution is 2.28. The molecule has 1 aliphatic carbocycles. The van der Waals surface area contributed by atoms with Gasteiger partial charge in [-0.15, -0.1) is 0 Å². The van der Waals surface area contributed by atoms with Crippen LogP contribution in [0.5, 0.6) is 0 Å².